The highest BCUT2D eigenvalue weighted by Gasteiger charge is 2.43. The first-order valence-electron chi connectivity index (χ1n) is 7.39. The molecule has 132 valence electrons. The number of anilines is 1. The smallest absolute Gasteiger partial charge is 0.465 e. The van der Waals surface area contributed by atoms with E-state index in [1.54, 1.807) is 31.2 Å². The van der Waals surface area contributed by atoms with Crippen LogP contribution in [0.4, 0.5) is 23.7 Å². The number of nitrogens with zero attached hydrogens (tertiary/aromatic N) is 2. The van der Waals surface area contributed by atoms with Crippen LogP contribution < -0.4 is 10.2 Å². The van der Waals surface area contributed by atoms with Gasteiger partial charge in [0.05, 0.1) is 6.04 Å². The van der Waals surface area contributed by atoms with Crippen molar-refractivity contribution in [2.45, 2.75) is 19.1 Å². The number of hydrogen-bond acceptors (Lipinski definition) is 3. The van der Waals surface area contributed by atoms with Crippen LogP contribution in [0.15, 0.2) is 24.3 Å². The number of hydrogen-bond donors (Lipinski definition) is 2. The van der Waals surface area contributed by atoms with E-state index in [1.165, 1.54) is 0 Å². The summed E-state index contributed by atoms with van der Waals surface area (Å²) in [6, 6.07) is 6.75. The second-order valence-electron chi connectivity index (χ2n) is 5.54. The molecule has 2 rings (SSSR count). The molecule has 2 amide bonds. The largest absolute Gasteiger partial charge is 0.471 e. The first kappa shape index (κ1) is 17.9. The van der Waals surface area contributed by atoms with Crippen LogP contribution in [0, 0.1) is 0 Å². The number of carbonyl (C=O) groups excluding carboxylic acids is 1. The van der Waals surface area contributed by atoms with E-state index in [-0.39, 0.29) is 19.1 Å². The van der Waals surface area contributed by atoms with Crippen LogP contribution >= 0.6 is 0 Å². The van der Waals surface area contributed by atoms with Crippen LogP contribution in [0.25, 0.3) is 0 Å². The molecule has 1 aliphatic rings. The van der Waals surface area contributed by atoms with Crippen molar-refractivity contribution in [2.24, 2.45) is 0 Å². The third-order valence-electron chi connectivity index (χ3n) is 3.91. The van der Waals surface area contributed by atoms with E-state index < -0.39 is 18.2 Å². The zero-order valence-electron chi connectivity index (χ0n) is 13.0. The summed E-state index contributed by atoms with van der Waals surface area (Å²) < 4.78 is 37.2. The van der Waals surface area contributed by atoms with Crippen molar-refractivity contribution in [2.75, 3.05) is 31.1 Å². The van der Waals surface area contributed by atoms with Gasteiger partial charge in [0, 0.05) is 31.9 Å². The lowest BCUT2D eigenvalue weighted by Crippen LogP contribution is -2.52. The number of rotatable bonds is 3. The Morgan fingerprint density at radius 1 is 1.12 bits per heavy atom. The predicted octanol–water partition coefficient (Wildman–Crippen LogP) is 2.23. The summed E-state index contributed by atoms with van der Waals surface area (Å²) in [4.78, 5) is 24.5. The van der Waals surface area contributed by atoms with E-state index in [1.807, 2.05) is 4.90 Å². The van der Waals surface area contributed by atoms with Gasteiger partial charge in [-0.15, -0.1) is 0 Å². The second kappa shape index (κ2) is 6.98. The van der Waals surface area contributed by atoms with Gasteiger partial charge in [-0.25, -0.2) is 4.79 Å². The maximum atomic E-state index is 12.4. The number of alkyl halides is 3. The molecule has 0 bridgehead atoms. The first-order chi connectivity index (χ1) is 11.2. The molecule has 1 aliphatic heterocycles. The quantitative estimate of drug-likeness (QED) is 0.881. The lowest BCUT2D eigenvalue weighted by atomic mass is 10.1. The zero-order chi connectivity index (χ0) is 17.9. The molecular formula is C15H18F3N3O3. The van der Waals surface area contributed by atoms with Crippen LogP contribution in [-0.4, -0.2) is 54.4 Å². The van der Waals surface area contributed by atoms with E-state index in [9.17, 15) is 22.8 Å². The Labute approximate surface area is 136 Å². The van der Waals surface area contributed by atoms with Crippen LogP contribution in [-0.2, 0) is 4.79 Å². The number of halogens is 3. The molecule has 1 atom stereocenters. The Morgan fingerprint density at radius 3 is 2.12 bits per heavy atom. The number of amides is 2. The van der Waals surface area contributed by atoms with E-state index in [2.05, 4.69) is 5.32 Å². The Bertz CT molecular complexity index is 596. The molecule has 0 aliphatic carbocycles. The van der Waals surface area contributed by atoms with Gasteiger partial charge in [0.25, 0.3) is 0 Å². The molecule has 0 radical (unpaired) electrons. The van der Waals surface area contributed by atoms with Gasteiger partial charge in [-0.05, 0) is 24.6 Å². The van der Waals surface area contributed by atoms with Crippen molar-refractivity contribution in [3.63, 3.8) is 0 Å². The van der Waals surface area contributed by atoms with Crippen molar-refractivity contribution >= 4 is 17.7 Å². The lowest BCUT2D eigenvalue weighted by Gasteiger charge is -2.36. The molecule has 1 aromatic rings. The Kier molecular flexibility index (Phi) is 5.20. The Hall–Kier alpha value is -2.45. The summed E-state index contributed by atoms with van der Waals surface area (Å²) >= 11 is 0. The van der Waals surface area contributed by atoms with Gasteiger partial charge in [-0.1, -0.05) is 12.1 Å². The average molecular weight is 345 g/mol. The molecule has 0 saturated carbocycles. The molecule has 1 saturated heterocycles. The summed E-state index contributed by atoms with van der Waals surface area (Å²) in [6.45, 7) is 2.35. The summed E-state index contributed by atoms with van der Waals surface area (Å²) in [5.41, 5.74) is 1.60. The summed E-state index contributed by atoms with van der Waals surface area (Å²) in [7, 11) is 0. The van der Waals surface area contributed by atoms with Gasteiger partial charge < -0.3 is 20.2 Å². The van der Waals surface area contributed by atoms with E-state index in [0.29, 0.717) is 13.1 Å². The van der Waals surface area contributed by atoms with Gasteiger partial charge in [-0.3, -0.25) is 4.79 Å². The van der Waals surface area contributed by atoms with Crippen LogP contribution in [0.1, 0.15) is 18.5 Å². The van der Waals surface area contributed by atoms with Crippen molar-refractivity contribution in [1.82, 2.24) is 10.2 Å². The summed E-state index contributed by atoms with van der Waals surface area (Å²) in [5.74, 6) is -1.80. The molecule has 9 heteroatoms. The highest BCUT2D eigenvalue weighted by molar-refractivity contribution is 5.82. The standard InChI is InChI=1S/C15H18F3N3O3/c1-10(19-14(23)24)11-2-4-12(5-3-11)20-6-8-21(9-7-20)13(22)15(16,17)18/h2-5,10,19H,6-9H2,1H3,(H,23,24)/t10-/m0/s1. The van der Waals surface area contributed by atoms with Crippen molar-refractivity contribution in [1.29, 1.82) is 0 Å². The monoisotopic (exact) mass is 345 g/mol. The minimum absolute atomic E-state index is 0.0110. The topological polar surface area (TPSA) is 72.9 Å². The fourth-order valence-electron chi connectivity index (χ4n) is 2.59. The summed E-state index contributed by atoms with van der Waals surface area (Å²) in [5, 5.41) is 11.0. The van der Waals surface area contributed by atoms with E-state index in [0.717, 1.165) is 16.2 Å². The molecule has 1 heterocycles. The number of nitrogens with one attached hydrogen (secondary N) is 1. The molecule has 2 N–H and O–H groups in total. The molecular weight excluding hydrogens is 327 g/mol. The molecule has 6 nitrogen and oxygen atoms in total. The number of carboxylic acid groups (broad SMARTS) is 1. The molecule has 24 heavy (non-hydrogen) atoms. The molecule has 0 spiro atoms. The van der Waals surface area contributed by atoms with Crippen molar-refractivity contribution in [3.05, 3.63) is 29.8 Å². The first-order valence-corrected chi connectivity index (χ1v) is 7.39. The van der Waals surface area contributed by atoms with Crippen molar-refractivity contribution in [3.8, 4) is 0 Å². The average Bonchev–Trinajstić information content (AvgIpc) is 2.53. The van der Waals surface area contributed by atoms with Gasteiger partial charge in [0.15, 0.2) is 0 Å². The third kappa shape index (κ3) is 4.30. The van der Waals surface area contributed by atoms with Gasteiger partial charge in [0.2, 0.25) is 0 Å². The van der Waals surface area contributed by atoms with E-state index in [4.69, 9.17) is 5.11 Å². The highest BCUT2D eigenvalue weighted by atomic mass is 19.4. The molecule has 0 aromatic heterocycles. The molecule has 1 aromatic carbocycles. The Morgan fingerprint density at radius 2 is 1.67 bits per heavy atom. The minimum atomic E-state index is -4.84. The van der Waals surface area contributed by atoms with Crippen LogP contribution in [0.3, 0.4) is 0 Å². The maximum absolute atomic E-state index is 12.4. The predicted molar refractivity (Wildman–Crippen MR) is 80.9 cm³/mol. The minimum Gasteiger partial charge on any atom is -0.465 e. The van der Waals surface area contributed by atoms with Crippen LogP contribution in [0.5, 0.6) is 0 Å². The number of piperazine rings is 1. The molecule has 0 unspecified atom stereocenters. The Balaban J connectivity index is 1.95. The van der Waals surface area contributed by atoms with Crippen molar-refractivity contribution < 1.29 is 27.9 Å². The molecule has 1 fully saturated rings. The normalized spacial score (nSPS) is 16.7. The fourth-order valence-corrected chi connectivity index (χ4v) is 2.59. The number of carbonyl (C=O) groups is 2. The fraction of sp³-hybridized carbons (Fsp3) is 0.467. The third-order valence-corrected chi connectivity index (χ3v) is 3.91. The lowest BCUT2D eigenvalue weighted by molar-refractivity contribution is -0.185. The van der Waals surface area contributed by atoms with Gasteiger partial charge in [0.1, 0.15) is 0 Å². The number of benzene rings is 1. The van der Waals surface area contributed by atoms with Gasteiger partial charge >= 0.3 is 18.2 Å². The highest BCUT2D eigenvalue weighted by Crippen LogP contribution is 2.23. The van der Waals surface area contributed by atoms with Gasteiger partial charge in [-0.2, -0.15) is 13.2 Å². The maximum Gasteiger partial charge on any atom is 0.471 e. The van der Waals surface area contributed by atoms with Crippen LogP contribution in [0.2, 0.25) is 0 Å². The zero-order valence-corrected chi connectivity index (χ0v) is 13.0. The second-order valence-corrected chi connectivity index (χ2v) is 5.54. The SMILES string of the molecule is C[C@H](NC(=O)O)c1ccc(N2CCN(C(=O)C(F)(F)F)CC2)cc1. The van der Waals surface area contributed by atoms with E-state index >= 15 is 0 Å². The summed E-state index contributed by atoms with van der Waals surface area (Å²) in [6.07, 6.45) is -5.95.